The lowest BCUT2D eigenvalue weighted by Gasteiger charge is -2.09. The van der Waals surface area contributed by atoms with Crippen molar-refractivity contribution in [3.8, 4) is 0 Å². The smallest absolute Gasteiger partial charge is 0.0573 e. The molecule has 1 aliphatic heterocycles. The molecule has 0 aromatic carbocycles. The van der Waals surface area contributed by atoms with Crippen LogP contribution in [-0.2, 0) is 6.42 Å². The Bertz CT molecular complexity index is 292. The zero-order valence-corrected chi connectivity index (χ0v) is 8.96. The molecule has 0 saturated carbocycles. The van der Waals surface area contributed by atoms with Crippen LogP contribution in [0.15, 0.2) is 18.3 Å². The highest BCUT2D eigenvalue weighted by Gasteiger charge is 2.22. The number of aromatic nitrogens is 1. The van der Waals surface area contributed by atoms with Gasteiger partial charge in [-0.15, -0.1) is 0 Å². The minimum Gasteiger partial charge on any atom is -0.308 e. The average molecular weight is 190 g/mol. The fourth-order valence-electron chi connectivity index (χ4n) is 1.99. The molecule has 76 valence electrons. The predicted octanol–water partition coefficient (Wildman–Crippen LogP) is 2.31. The molecule has 0 radical (unpaired) electrons. The fourth-order valence-corrected chi connectivity index (χ4v) is 1.99. The van der Waals surface area contributed by atoms with Gasteiger partial charge in [-0.2, -0.15) is 0 Å². The number of aryl methyl sites for hydroxylation is 1. The molecule has 2 heterocycles. The molecule has 0 unspecified atom stereocenters. The highest BCUT2D eigenvalue weighted by molar-refractivity contribution is 5.17. The summed E-state index contributed by atoms with van der Waals surface area (Å²) >= 11 is 0. The normalized spacial score (nSPS) is 26.7. The van der Waals surface area contributed by atoms with E-state index in [4.69, 9.17) is 0 Å². The topological polar surface area (TPSA) is 24.9 Å². The van der Waals surface area contributed by atoms with Crippen LogP contribution in [0.2, 0.25) is 0 Å². The molecule has 14 heavy (non-hydrogen) atoms. The third-order valence-electron chi connectivity index (χ3n) is 2.96. The third-order valence-corrected chi connectivity index (χ3v) is 2.96. The molecule has 1 aromatic heterocycles. The summed E-state index contributed by atoms with van der Waals surface area (Å²) in [5, 5.41) is 3.50. The molecule has 0 aliphatic carbocycles. The van der Waals surface area contributed by atoms with Crippen LogP contribution in [0, 0.1) is 5.92 Å². The van der Waals surface area contributed by atoms with Crippen molar-refractivity contribution in [2.75, 3.05) is 6.54 Å². The van der Waals surface area contributed by atoms with Gasteiger partial charge in [0.1, 0.15) is 0 Å². The minimum absolute atomic E-state index is 0.482. The Morgan fingerprint density at radius 3 is 2.86 bits per heavy atom. The second kappa shape index (κ2) is 4.09. The van der Waals surface area contributed by atoms with Crippen LogP contribution >= 0.6 is 0 Å². The molecule has 1 N–H and O–H groups in total. The van der Waals surface area contributed by atoms with Gasteiger partial charge in [0.15, 0.2) is 0 Å². The van der Waals surface area contributed by atoms with Crippen LogP contribution in [0.4, 0.5) is 0 Å². The zero-order chi connectivity index (χ0) is 9.97. The number of rotatable bonds is 2. The lowest BCUT2D eigenvalue weighted by Crippen LogP contribution is -2.14. The van der Waals surface area contributed by atoms with Gasteiger partial charge in [-0.3, -0.25) is 4.98 Å². The molecule has 0 amide bonds. The van der Waals surface area contributed by atoms with Gasteiger partial charge >= 0.3 is 0 Å². The first-order valence-corrected chi connectivity index (χ1v) is 5.47. The SMILES string of the molecule is CCc1ccc([C@H]2C[C@@H](C)CN2)nc1. The van der Waals surface area contributed by atoms with Crippen molar-refractivity contribution >= 4 is 0 Å². The molecule has 2 rings (SSSR count). The molecule has 2 heteroatoms. The first-order chi connectivity index (χ1) is 6.79. The molecule has 1 aromatic rings. The standard InChI is InChI=1S/C12H18N2/c1-3-10-4-5-11(14-8-10)12-6-9(2)7-13-12/h4-5,8-9,12-13H,3,6-7H2,1-2H3/t9-,12-/m1/s1. The Hall–Kier alpha value is -0.890. The van der Waals surface area contributed by atoms with Crippen molar-refractivity contribution in [2.24, 2.45) is 5.92 Å². The van der Waals surface area contributed by atoms with E-state index in [2.05, 4.69) is 36.3 Å². The Kier molecular flexibility index (Phi) is 2.82. The maximum atomic E-state index is 4.50. The lowest BCUT2D eigenvalue weighted by molar-refractivity contribution is 0.598. The van der Waals surface area contributed by atoms with E-state index in [1.807, 2.05) is 6.20 Å². The maximum absolute atomic E-state index is 4.50. The van der Waals surface area contributed by atoms with Crippen LogP contribution in [0.3, 0.4) is 0 Å². The van der Waals surface area contributed by atoms with Crippen molar-refractivity contribution in [1.82, 2.24) is 10.3 Å². The highest BCUT2D eigenvalue weighted by Crippen LogP contribution is 2.25. The molecule has 2 atom stereocenters. The van der Waals surface area contributed by atoms with Crippen LogP contribution < -0.4 is 5.32 Å². The van der Waals surface area contributed by atoms with Crippen LogP contribution in [0.5, 0.6) is 0 Å². The third kappa shape index (κ3) is 1.95. The molecule has 2 nitrogen and oxygen atoms in total. The highest BCUT2D eigenvalue weighted by atomic mass is 15.0. The quantitative estimate of drug-likeness (QED) is 0.774. The molecule has 1 saturated heterocycles. The maximum Gasteiger partial charge on any atom is 0.0573 e. The van der Waals surface area contributed by atoms with Gasteiger partial charge < -0.3 is 5.32 Å². The van der Waals surface area contributed by atoms with Gasteiger partial charge in [-0.05, 0) is 36.9 Å². The summed E-state index contributed by atoms with van der Waals surface area (Å²) in [6.45, 7) is 5.57. The number of hydrogen-bond acceptors (Lipinski definition) is 2. The summed E-state index contributed by atoms with van der Waals surface area (Å²) in [5.41, 5.74) is 2.52. The number of nitrogens with zero attached hydrogens (tertiary/aromatic N) is 1. The van der Waals surface area contributed by atoms with Gasteiger partial charge in [0, 0.05) is 12.2 Å². The predicted molar refractivity (Wildman–Crippen MR) is 58.1 cm³/mol. The summed E-state index contributed by atoms with van der Waals surface area (Å²) in [6, 6.07) is 4.83. The van der Waals surface area contributed by atoms with E-state index in [-0.39, 0.29) is 0 Å². The van der Waals surface area contributed by atoms with E-state index >= 15 is 0 Å². The minimum atomic E-state index is 0.482. The molecular weight excluding hydrogens is 172 g/mol. The Balaban J connectivity index is 2.09. The summed E-state index contributed by atoms with van der Waals surface area (Å²) in [6.07, 6.45) is 4.29. The largest absolute Gasteiger partial charge is 0.308 e. The summed E-state index contributed by atoms with van der Waals surface area (Å²) in [4.78, 5) is 4.50. The van der Waals surface area contributed by atoms with Crippen molar-refractivity contribution in [1.29, 1.82) is 0 Å². The van der Waals surface area contributed by atoms with E-state index < -0.39 is 0 Å². The molecule has 1 fully saturated rings. The Morgan fingerprint density at radius 1 is 1.50 bits per heavy atom. The lowest BCUT2D eigenvalue weighted by atomic mass is 10.0. The number of nitrogens with one attached hydrogen (secondary N) is 1. The van der Waals surface area contributed by atoms with Crippen molar-refractivity contribution < 1.29 is 0 Å². The zero-order valence-electron chi connectivity index (χ0n) is 8.96. The van der Waals surface area contributed by atoms with Gasteiger partial charge in [-0.25, -0.2) is 0 Å². The van der Waals surface area contributed by atoms with Gasteiger partial charge in [0.2, 0.25) is 0 Å². The van der Waals surface area contributed by atoms with Crippen molar-refractivity contribution in [3.63, 3.8) is 0 Å². The van der Waals surface area contributed by atoms with Gasteiger partial charge in [-0.1, -0.05) is 19.9 Å². The van der Waals surface area contributed by atoms with Gasteiger partial charge in [0.25, 0.3) is 0 Å². The molecule has 0 spiro atoms. The second-order valence-corrected chi connectivity index (χ2v) is 4.25. The Labute approximate surface area is 85.7 Å². The molecular formula is C12H18N2. The first-order valence-electron chi connectivity index (χ1n) is 5.47. The summed E-state index contributed by atoms with van der Waals surface area (Å²) in [7, 11) is 0. The first kappa shape index (κ1) is 9.66. The average Bonchev–Trinajstić information content (AvgIpc) is 2.65. The second-order valence-electron chi connectivity index (χ2n) is 4.25. The van der Waals surface area contributed by atoms with Crippen LogP contribution in [-0.4, -0.2) is 11.5 Å². The van der Waals surface area contributed by atoms with E-state index in [1.54, 1.807) is 0 Å². The van der Waals surface area contributed by atoms with Crippen molar-refractivity contribution in [3.05, 3.63) is 29.6 Å². The number of pyridine rings is 1. The van der Waals surface area contributed by atoms with E-state index in [9.17, 15) is 0 Å². The van der Waals surface area contributed by atoms with E-state index in [0.29, 0.717) is 6.04 Å². The summed E-state index contributed by atoms with van der Waals surface area (Å²) < 4.78 is 0. The van der Waals surface area contributed by atoms with Crippen molar-refractivity contribution in [2.45, 2.75) is 32.7 Å². The van der Waals surface area contributed by atoms with E-state index in [0.717, 1.165) is 18.9 Å². The molecule has 0 bridgehead atoms. The van der Waals surface area contributed by atoms with Gasteiger partial charge in [0.05, 0.1) is 5.69 Å². The fraction of sp³-hybridized carbons (Fsp3) is 0.583. The van der Waals surface area contributed by atoms with Crippen LogP contribution in [0.25, 0.3) is 0 Å². The van der Waals surface area contributed by atoms with Crippen LogP contribution in [0.1, 0.15) is 37.6 Å². The Morgan fingerprint density at radius 2 is 2.36 bits per heavy atom. The number of hydrogen-bond donors (Lipinski definition) is 1. The molecule has 1 aliphatic rings. The summed E-state index contributed by atoms with van der Waals surface area (Å²) in [5.74, 6) is 0.785. The monoisotopic (exact) mass is 190 g/mol. The van der Waals surface area contributed by atoms with E-state index in [1.165, 1.54) is 17.7 Å².